The molecule has 1 amide bonds. The van der Waals surface area contributed by atoms with Gasteiger partial charge in [0, 0.05) is 11.6 Å². The van der Waals surface area contributed by atoms with Crippen molar-refractivity contribution in [2.75, 3.05) is 17.4 Å². The molecule has 0 unspecified atom stereocenters. The van der Waals surface area contributed by atoms with Gasteiger partial charge in [-0.2, -0.15) is 0 Å². The fourth-order valence-electron chi connectivity index (χ4n) is 3.02. The predicted molar refractivity (Wildman–Crippen MR) is 120 cm³/mol. The number of sulfonamides is 1. The van der Waals surface area contributed by atoms with E-state index < -0.39 is 15.9 Å². The van der Waals surface area contributed by atoms with Crippen LogP contribution in [0, 0.1) is 0 Å². The van der Waals surface area contributed by atoms with Crippen LogP contribution in [0.2, 0.25) is 5.02 Å². The van der Waals surface area contributed by atoms with Crippen molar-refractivity contribution in [2.24, 2.45) is 0 Å². The Hall–Kier alpha value is -2.83. The van der Waals surface area contributed by atoms with Gasteiger partial charge in [0.05, 0.1) is 10.6 Å². The summed E-state index contributed by atoms with van der Waals surface area (Å²) in [6.07, 6.45) is 0. The van der Waals surface area contributed by atoms with Crippen LogP contribution in [0.3, 0.4) is 0 Å². The number of nitrogens with zero attached hydrogens (tertiary/aromatic N) is 1. The number of carbonyl (C=O) groups excluding carboxylic acids is 1. The van der Waals surface area contributed by atoms with Gasteiger partial charge in [-0.25, -0.2) is 8.42 Å². The van der Waals surface area contributed by atoms with Gasteiger partial charge in [0.25, 0.3) is 10.0 Å². The van der Waals surface area contributed by atoms with E-state index in [0.29, 0.717) is 17.3 Å². The number of hydrogen-bond acceptors (Lipinski definition) is 3. The molecule has 0 bridgehead atoms. The average molecular weight is 443 g/mol. The minimum absolute atomic E-state index is 0.0977. The molecule has 5 nitrogen and oxygen atoms in total. The van der Waals surface area contributed by atoms with E-state index in [9.17, 15) is 13.2 Å². The maximum Gasteiger partial charge on any atom is 0.264 e. The number of benzene rings is 3. The van der Waals surface area contributed by atoms with Gasteiger partial charge in [0.15, 0.2) is 0 Å². The summed E-state index contributed by atoms with van der Waals surface area (Å²) in [5.41, 5.74) is 1.43. The zero-order valence-electron chi connectivity index (χ0n) is 16.5. The molecule has 3 aromatic rings. The highest BCUT2D eigenvalue weighted by Gasteiger charge is 2.27. The lowest BCUT2D eigenvalue weighted by Gasteiger charge is -2.24. The van der Waals surface area contributed by atoms with Gasteiger partial charge in [0.2, 0.25) is 5.91 Å². The van der Waals surface area contributed by atoms with E-state index in [-0.39, 0.29) is 17.4 Å². The summed E-state index contributed by atoms with van der Waals surface area (Å²) in [5, 5.41) is 3.23. The van der Waals surface area contributed by atoms with Gasteiger partial charge in [-0.3, -0.25) is 9.10 Å². The predicted octanol–water partition coefficient (Wildman–Crippen LogP) is 4.46. The smallest absolute Gasteiger partial charge is 0.264 e. The molecule has 0 saturated carbocycles. The molecule has 0 aliphatic carbocycles. The number of amides is 1. The van der Waals surface area contributed by atoms with Gasteiger partial charge in [-0.05, 0) is 41.8 Å². The van der Waals surface area contributed by atoms with Gasteiger partial charge in [0.1, 0.15) is 6.54 Å². The summed E-state index contributed by atoms with van der Waals surface area (Å²) in [6.45, 7) is 2.06. The largest absolute Gasteiger partial charge is 0.354 e. The number of anilines is 1. The van der Waals surface area contributed by atoms with Crippen LogP contribution in [0.4, 0.5) is 5.69 Å². The van der Waals surface area contributed by atoms with Crippen molar-refractivity contribution in [3.8, 4) is 0 Å². The van der Waals surface area contributed by atoms with Crippen molar-refractivity contribution in [3.63, 3.8) is 0 Å². The van der Waals surface area contributed by atoms with Gasteiger partial charge < -0.3 is 5.32 Å². The SMILES string of the molecule is C[C@H](CNC(=O)CN(c1cccc(Cl)c1)S(=O)(=O)c1ccccc1)c1ccccc1. The summed E-state index contributed by atoms with van der Waals surface area (Å²) in [4.78, 5) is 12.8. The highest BCUT2D eigenvalue weighted by molar-refractivity contribution is 7.92. The molecule has 0 fully saturated rings. The van der Waals surface area contributed by atoms with Crippen molar-refractivity contribution in [1.82, 2.24) is 5.32 Å². The quantitative estimate of drug-likeness (QED) is 0.560. The van der Waals surface area contributed by atoms with E-state index in [1.165, 1.54) is 18.2 Å². The first-order valence-corrected chi connectivity index (χ1v) is 11.3. The fourth-order valence-corrected chi connectivity index (χ4v) is 4.64. The second-order valence-corrected chi connectivity index (χ2v) is 9.22. The van der Waals surface area contributed by atoms with Crippen LogP contribution in [0.5, 0.6) is 0 Å². The normalized spacial score (nSPS) is 12.2. The van der Waals surface area contributed by atoms with Crippen molar-refractivity contribution in [2.45, 2.75) is 17.7 Å². The van der Waals surface area contributed by atoms with E-state index in [2.05, 4.69) is 5.32 Å². The van der Waals surface area contributed by atoms with E-state index in [1.807, 2.05) is 37.3 Å². The Kier molecular flexibility index (Phi) is 7.13. The molecule has 3 aromatic carbocycles. The number of carbonyl (C=O) groups is 1. The monoisotopic (exact) mass is 442 g/mol. The highest BCUT2D eigenvalue weighted by atomic mass is 35.5. The average Bonchev–Trinajstić information content (AvgIpc) is 2.77. The summed E-state index contributed by atoms with van der Waals surface area (Å²) in [7, 11) is -3.94. The second kappa shape index (κ2) is 9.78. The lowest BCUT2D eigenvalue weighted by atomic mass is 10.0. The van der Waals surface area contributed by atoms with Gasteiger partial charge in [-0.1, -0.05) is 73.1 Å². The topological polar surface area (TPSA) is 66.5 Å². The van der Waals surface area contributed by atoms with Crippen molar-refractivity contribution >= 4 is 33.2 Å². The van der Waals surface area contributed by atoms with Crippen LogP contribution in [0.15, 0.2) is 89.8 Å². The van der Waals surface area contributed by atoms with Crippen molar-refractivity contribution < 1.29 is 13.2 Å². The molecule has 0 aromatic heterocycles. The highest BCUT2D eigenvalue weighted by Crippen LogP contribution is 2.26. The standard InChI is InChI=1S/C23H23ClN2O3S/c1-18(19-9-4-2-5-10-19)16-25-23(27)17-26(21-12-8-11-20(24)15-21)30(28,29)22-13-6-3-7-14-22/h2-15,18H,16-17H2,1H3,(H,25,27)/t18-/m1/s1. The number of nitrogens with one attached hydrogen (secondary N) is 1. The maximum absolute atomic E-state index is 13.2. The Morgan fingerprint density at radius 3 is 2.23 bits per heavy atom. The Morgan fingerprint density at radius 1 is 0.967 bits per heavy atom. The van der Waals surface area contributed by atoms with Crippen LogP contribution in [-0.4, -0.2) is 27.4 Å². The molecule has 1 N–H and O–H groups in total. The molecular weight excluding hydrogens is 420 g/mol. The van der Waals surface area contributed by atoms with Crippen molar-refractivity contribution in [1.29, 1.82) is 0 Å². The molecule has 0 spiro atoms. The third-order valence-electron chi connectivity index (χ3n) is 4.69. The Bertz CT molecular complexity index is 1090. The number of rotatable bonds is 8. The summed E-state index contributed by atoms with van der Waals surface area (Å²) in [5.74, 6) is -0.294. The first-order chi connectivity index (χ1) is 14.4. The lowest BCUT2D eigenvalue weighted by Crippen LogP contribution is -2.41. The molecule has 7 heteroatoms. The van der Waals surface area contributed by atoms with Gasteiger partial charge in [-0.15, -0.1) is 0 Å². The molecule has 30 heavy (non-hydrogen) atoms. The molecule has 0 radical (unpaired) electrons. The number of hydrogen-bond donors (Lipinski definition) is 1. The first kappa shape index (κ1) is 21.9. The van der Waals surface area contributed by atoms with Crippen LogP contribution in [0.1, 0.15) is 18.4 Å². The maximum atomic E-state index is 13.2. The zero-order chi connectivity index (χ0) is 21.6. The minimum Gasteiger partial charge on any atom is -0.354 e. The van der Waals surface area contributed by atoms with Crippen molar-refractivity contribution in [3.05, 3.63) is 95.5 Å². The zero-order valence-corrected chi connectivity index (χ0v) is 18.1. The van der Waals surface area contributed by atoms with Crippen LogP contribution in [0.25, 0.3) is 0 Å². The summed E-state index contributed by atoms with van der Waals surface area (Å²) < 4.78 is 27.6. The third kappa shape index (κ3) is 5.40. The Morgan fingerprint density at radius 2 is 1.60 bits per heavy atom. The van der Waals surface area contributed by atoms with Crippen LogP contribution < -0.4 is 9.62 Å². The Labute approximate surface area is 182 Å². The molecule has 3 rings (SSSR count). The molecule has 0 aliphatic heterocycles. The van der Waals surface area contributed by atoms with Crippen LogP contribution in [-0.2, 0) is 14.8 Å². The van der Waals surface area contributed by atoms with E-state index in [0.717, 1.165) is 9.87 Å². The minimum atomic E-state index is -3.94. The Balaban J connectivity index is 1.80. The lowest BCUT2D eigenvalue weighted by molar-refractivity contribution is -0.119. The van der Waals surface area contributed by atoms with E-state index in [1.54, 1.807) is 36.4 Å². The molecule has 0 saturated heterocycles. The molecule has 156 valence electrons. The summed E-state index contributed by atoms with van der Waals surface area (Å²) in [6, 6.07) is 24.3. The van der Waals surface area contributed by atoms with Gasteiger partial charge >= 0.3 is 0 Å². The van der Waals surface area contributed by atoms with E-state index in [4.69, 9.17) is 11.6 Å². The van der Waals surface area contributed by atoms with Crippen LogP contribution >= 0.6 is 11.6 Å². The number of halogens is 1. The molecular formula is C23H23ClN2O3S. The molecule has 0 aliphatic rings. The summed E-state index contributed by atoms with van der Waals surface area (Å²) >= 11 is 6.07. The second-order valence-electron chi connectivity index (χ2n) is 6.92. The molecule has 0 heterocycles. The van der Waals surface area contributed by atoms with E-state index >= 15 is 0 Å². The third-order valence-corrected chi connectivity index (χ3v) is 6.71. The fraction of sp³-hybridized carbons (Fsp3) is 0.174. The first-order valence-electron chi connectivity index (χ1n) is 9.53. The molecule has 1 atom stereocenters.